The molecule has 0 bridgehead atoms. The second kappa shape index (κ2) is 8.62. The maximum Gasteiger partial charge on any atom is 0.313 e. The predicted molar refractivity (Wildman–Crippen MR) is 87.5 cm³/mol. The Kier molecular flexibility index (Phi) is 7.16. The molecule has 2 amide bonds. The maximum absolute atomic E-state index is 13.7. The molecule has 0 saturated carbocycles. The topological polar surface area (TPSA) is 78.4 Å². The van der Waals surface area contributed by atoms with Crippen molar-refractivity contribution < 1.29 is 19.1 Å². The summed E-state index contributed by atoms with van der Waals surface area (Å²) >= 11 is 0. The SMILES string of the molecule is CCC(CC)(CCO)CNC(=O)C(=O)Nc1ccc(C)cc1F. The van der Waals surface area contributed by atoms with Gasteiger partial charge in [0.1, 0.15) is 5.82 Å². The molecule has 0 heterocycles. The third kappa shape index (κ3) is 5.32. The molecule has 3 N–H and O–H groups in total. The number of benzene rings is 1. The summed E-state index contributed by atoms with van der Waals surface area (Å²) in [7, 11) is 0. The van der Waals surface area contributed by atoms with Crippen molar-refractivity contribution in [2.45, 2.75) is 40.0 Å². The van der Waals surface area contributed by atoms with Crippen molar-refractivity contribution in [3.8, 4) is 0 Å². The van der Waals surface area contributed by atoms with Crippen LogP contribution in [-0.4, -0.2) is 30.1 Å². The molecule has 0 atom stereocenters. The standard InChI is InChI=1S/C17H25FN2O3/c1-4-17(5-2,8-9-21)11-19-15(22)16(23)20-14-7-6-12(3)10-13(14)18/h6-7,10,21H,4-5,8-9,11H2,1-3H3,(H,19,22)(H,20,23). The van der Waals surface area contributed by atoms with E-state index >= 15 is 0 Å². The number of halogens is 1. The number of hydrogen-bond acceptors (Lipinski definition) is 3. The lowest BCUT2D eigenvalue weighted by molar-refractivity contribution is -0.136. The van der Waals surface area contributed by atoms with E-state index in [4.69, 9.17) is 5.11 Å². The Bertz CT molecular complexity index is 557. The first-order valence-electron chi connectivity index (χ1n) is 7.83. The minimum atomic E-state index is -0.905. The fourth-order valence-corrected chi connectivity index (χ4v) is 2.43. The van der Waals surface area contributed by atoms with Crippen molar-refractivity contribution >= 4 is 17.5 Å². The van der Waals surface area contributed by atoms with Gasteiger partial charge in [-0.25, -0.2) is 4.39 Å². The van der Waals surface area contributed by atoms with Gasteiger partial charge in [0, 0.05) is 13.2 Å². The van der Waals surface area contributed by atoms with Crippen molar-refractivity contribution in [1.29, 1.82) is 0 Å². The number of anilines is 1. The second-order valence-electron chi connectivity index (χ2n) is 5.80. The zero-order chi connectivity index (χ0) is 17.5. The van der Waals surface area contributed by atoms with Crippen LogP contribution in [0.2, 0.25) is 0 Å². The highest BCUT2D eigenvalue weighted by molar-refractivity contribution is 6.39. The average molecular weight is 324 g/mol. The van der Waals surface area contributed by atoms with Crippen LogP contribution in [0.4, 0.5) is 10.1 Å². The molecule has 1 rings (SSSR count). The van der Waals surface area contributed by atoms with Crippen molar-refractivity contribution in [1.82, 2.24) is 5.32 Å². The molecule has 0 radical (unpaired) electrons. The van der Waals surface area contributed by atoms with E-state index in [9.17, 15) is 14.0 Å². The molecular weight excluding hydrogens is 299 g/mol. The first kappa shape index (κ1) is 19.1. The van der Waals surface area contributed by atoms with Gasteiger partial charge in [0.25, 0.3) is 0 Å². The Balaban J connectivity index is 2.65. The molecule has 128 valence electrons. The monoisotopic (exact) mass is 324 g/mol. The summed E-state index contributed by atoms with van der Waals surface area (Å²) in [6.07, 6.45) is 2.10. The number of amides is 2. The van der Waals surface area contributed by atoms with Gasteiger partial charge in [-0.2, -0.15) is 0 Å². The molecule has 0 aliphatic carbocycles. The Hall–Kier alpha value is -1.95. The molecule has 5 nitrogen and oxygen atoms in total. The third-order valence-corrected chi connectivity index (χ3v) is 4.35. The molecule has 0 aromatic heterocycles. The molecule has 0 aliphatic rings. The van der Waals surface area contributed by atoms with E-state index in [0.29, 0.717) is 13.0 Å². The first-order valence-corrected chi connectivity index (χ1v) is 7.83. The van der Waals surface area contributed by atoms with Gasteiger partial charge in [-0.1, -0.05) is 19.9 Å². The number of rotatable bonds is 7. The molecule has 0 saturated heterocycles. The zero-order valence-corrected chi connectivity index (χ0v) is 13.9. The van der Waals surface area contributed by atoms with Gasteiger partial charge in [0.05, 0.1) is 5.69 Å². The van der Waals surface area contributed by atoms with Crippen LogP contribution in [0.15, 0.2) is 18.2 Å². The van der Waals surface area contributed by atoms with Crippen LogP contribution in [-0.2, 0) is 9.59 Å². The van der Waals surface area contributed by atoms with Gasteiger partial charge in [0.15, 0.2) is 0 Å². The van der Waals surface area contributed by atoms with Gasteiger partial charge in [-0.15, -0.1) is 0 Å². The van der Waals surface area contributed by atoms with E-state index in [-0.39, 0.29) is 17.7 Å². The summed E-state index contributed by atoms with van der Waals surface area (Å²) < 4.78 is 13.7. The number of carbonyl (C=O) groups is 2. The lowest BCUT2D eigenvalue weighted by Gasteiger charge is -2.31. The van der Waals surface area contributed by atoms with Gasteiger partial charge < -0.3 is 15.7 Å². The van der Waals surface area contributed by atoms with Gasteiger partial charge in [0.2, 0.25) is 0 Å². The second-order valence-corrected chi connectivity index (χ2v) is 5.80. The smallest absolute Gasteiger partial charge is 0.313 e. The normalized spacial score (nSPS) is 11.2. The molecule has 0 fully saturated rings. The predicted octanol–water partition coefficient (Wildman–Crippen LogP) is 2.38. The fourth-order valence-electron chi connectivity index (χ4n) is 2.43. The fraction of sp³-hybridized carbons (Fsp3) is 0.529. The van der Waals surface area contributed by atoms with Crippen molar-refractivity contribution in [2.24, 2.45) is 5.41 Å². The van der Waals surface area contributed by atoms with Crippen LogP contribution >= 0.6 is 0 Å². The highest BCUT2D eigenvalue weighted by Gasteiger charge is 2.27. The molecule has 6 heteroatoms. The van der Waals surface area contributed by atoms with E-state index in [0.717, 1.165) is 18.4 Å². The minimum absolute atomic E-state index is 0.0247. The van der Waals surface area contributed by atoms with Crippen LogP contribution in [0.5, 0.6) is 0 Å². The summed E-state index contributed by atoms with van der Waals surface area (Å²) in [6, 6.07) is 4.36. The number of hydrogen-bond donors (Lipinski definition) is 3. The van der Waals surface area contributed by atoms with Crippen LogP contribution in [0.3, 0.4) is 0 Å². The summed E-state index contributed by atoms with van der Waals surface area (Å²) in [5, 5.41) is 14.0. The van der Waals surface area contributed by atoms with Crippen molar-refractivity contribution in [3.63, 3.8) is 0 Å². The van der Waals surface area contributed by atoms with Gasteiger partial charge >= 0.3 is 11.8 Å². The molecule has 1 aromatic rings. The molecule has 0 aliphatic heterocycles. The number of aliphatic hydroxyl groups is 1. The van der Waals surface area contributed by atoms with E-state index in [2.05, 4.69) is 10.6 Å². The van der Waals surface area contributed by atoms with E-state index in [1.54, 1.807) is 13.0 Å². The summed E-state index contributed by atoms with van der Waals surface area (Å²) in [5.74, 6) is -2.30. The van der Waals surface area contributed by atoms with Crippen LogP contribution in [0.1, 0.15) is 38.7 Å². The highest BCUT2D eigenvalue weighted by Crippen LogP contribution is 2.29. The van der Waals surface area contributed by atoms with Crippen molar-refractivity contribution in [2.75, 3.05) is 18.5 Å². The first-order chi connectivity index (χ1) is 10.9. The number of carbonyl (C=O) groups excluding carboxylic acids is 2. The lowest BCUT2D eigenvalue weighted by atomic mass is 9.79. The number of nitrogens with one attached hydrogen (secondary N) is 2. The van der Waals surface area contributed by atoms with Crippen molar-refractivity contribution in [3.05, 3.63) is 29.6 Å². The number of aliphatic hydroxyl groups excluding tert-OH is 1. The van der Waals surface area contributed by atoms with Crippen LogP contribution in [0.25, 0.3) is 0 Å². The maximum atomic E-state index is 13.7. The quantitative estimate of drug-likeness (QED) is 0.674. The Morgan fingerprint density at radius 3 is 2.39 bits per heavy atom. The van der Waals surface area contributed by atoms with E-state index < -0.39 is 17.6 Å². The highest BCUT2D eigenvalue weighted by atomic mass is 19.1. The Morgan fingerprint density at radius 1 is 1.22 bits per heavy atom. The Labute approximate surface area is 136 Å². The molecule has 0 spiro atoms. The third-order valence-electron chi connectivity index (χ3n) is 4.35. The van der Waals surface area contributed by atoms with Gasteiger partial charge in [-0.05, 0) is 49.3 Å². The molecule has 23 heavy (non-hydrogen) atoms. The van der Waals surface area contributed by atoms with Crippen LogP contribution < -0.4 is 10.6 Å². The van der Waals surface area contributed by atoms with E-state index in [1.807, 2.05) is 13.8 Å². The van der Waals surface area contributed by atoms with E-state index in [1.165, 1.54) is 12.1 Å². The molecule has 1 aromatic carbocycles. The average Bonchev–Trinajstić information content (AvgIpc) is 2.53. The van der Waals surface area contributed by atoms with Crippen LogP contribution in [0, 0.1) is 18.2 Å². The van der Waals surface area contributed by atoms with Gasteiger partial charge in [-0.3, -0.25) is 9.59 Å². The minimum Gasteiger partial charge on any atom is -0.396 e. The zero-order valence-electron chi connectivity index (χ0n) is 13.9. The number of aryl methyl sites for hydroxylation is 1. The molecular formula is C17H25FN2O3. The largest absolute Gasteiger partial charge is 0.396 e. The summed E-state index contributed by atoms with van der Waals surface area (Å²) in [6.45, 7) is 6.01. The molecule has 0 unspecified atom stereocenters. The Morgan fingerprint density at radius 2 is 1.87 bits per heavy atom. The summed E-state index contributed by atoms with van der Waals surface area (Å²) in [4.78, 5) is 23.8. The lowest BCUT2D eigenvalue weighted by Crippen LogP contribution is -2.42. The summed E-state index contributed by atoms with van der Waals surface area (Å²) in [5.41, 5.74) is 0.466.